The molecule has 1 aromatic heterocycles. The van der Waals surface area contributed by atoms with E-state index in [-0.39, 0.29) is 35.2 Å². The van der Waals surface area contributed by atoms with E-state index in [1.165, 1.54) is 36.7 Å². The quantitative estimate of drug-likeness (QED) is 0.657. The van der Waals surface area contributed by atoms with Gasteiger partial charge in [0, 0.05) is 22.6 Å². The van der Waals surface area contributed by atoms with Crippen LogP contribution in [-0.4, -0.2) is 49.0 Å². The lowest BCUT2D eigenvalue weighted by atomic mass is 10.2. The van der Waals surface area contributed by atoms with Crippen LogP contribution in [0.15, 0.2) is 46.0 Å². The molecule has 0 bridgehead atoms. The predicted octanol–water partition coefficient (Wildman–Crippen LogP) is 1.88. The van der Waals surface area contributed by atoms with E-state index in [4.69, 9.17) is 9.84 Å². The second-order valence-corrected chi connectivity index (χ2v) is 8.19. The molecule has 0 radical (unpaired) electrons. The molecule has 0 spiro atoms. The minimum atomic E-state index is -4.01. The summed E-state index contributed by atoms with van der Waals surface area (Å²) in [5.74, 6) is 0.220. The van der Waals surface area contributed by atoms with Gasteiger partial charge in [-0.05, 0) is 40.2 Å². The van der Waals surface area contributed by atoms with E-state index >= 15 is 0 Å². The third kappa shape index (κ3) is 3.59. The molecule has 0 saturated carbocycles. The van der Waals surface area contributed by atoms with Crippen LogP contribution in [0.1, 0.15) is 0 Å². The van der Waals surface area contributed by atoms with Crippen molar-refractivity contribution in [3.05, 3.63) is 41.1 Å². The van der Waals surface area contributed by atoms with Gasteiger partial charge in [0.25, 0.3) is 10.0 Å². The Hall–Kier alpha value is -2.37. The molecular formula is C15H14BrN3O6S. The van der Waals surface area contributed by atoms with Crippen molar-refractivity contribution in [2.24, 2.45) is 0 Å². The first-order valence-electron chi connectivity index (χ1n) is 7.36. The monoisotopic (exact) mass is 443 g/mol. The molecular weight excluding hydrogens is 430 g/mol. The van der Waals surface area contributed by atoms with E-state index in [9.17, 15) is 18.3 Å². The van der Waals surface area contributed by atoms with Gasteiger partial charge in [-0.15, -0.1) is 0 Å². The number of amides is 1. The molecule has 3 rings (SSSR count). The van der Waals surface area contributed by atoms with E-state index < -0.39 is 22.2 Å². The van der Waals surface area contributed by atoms with Gasteiger partial charge < -0.3 is 14.9 Å². The summed E-state index contributed by atoms with van der Waals surface area (Å²) in [5.41, 5.74) is 0.357. The number of nitrogens with zero attached hydrogens (tertiary/aromatic N) is 2. The molecule has 3 N–H and O–H groups in total. The number of aromatic nitrogens is 1. The molecule has 138 valence electrons. The maximum atomic E-state index is 13.1. The van der Waals surface area contributed by atoms with Crippen molar-refractivity contribution in [1.29, 1.82) is 0 Å². The van der Waals surface area contributed by atoms with Crippen LogP contribution >= 0.6 is 15.9 Å². The topological polar surface area (TPSA) is 129 Å². The molecule has 2 aromatic rings. The predicted molar refractivity (Wildman–Crippen MR) is 96.1 cm³/mol. The zero-order chi connectivity index (χ0) is 18.9. The molecule has 1 atom stereocenters. The van der Waals surface area contributed by atoms with Crippen LogP contribution in [0.25, 0.3) is 0 Å². The molecule has 11 heteroatoms. The standard InChI is InChI=1S/C15H14BrN3O6S/c16-9-3-12(6-17-5-9)26(23,24)19-7-11(8-20)25-14-2-1-10(4-13(14)19)18-15(21)22/h1-6,11,18,20H,7-8H2,(H,21,22). The van der Waals surface area contributed by atoms with E-state index in [2.05, 4.69) is 26.2 Å². The van der Waals surface area contributed by atoms with Gasteiger partial charge in [0.1, 0.15) is 16.7 Å². The number of hydrogen-bond acceptors (Lipinski definition) is 6. The zero-order valence-electron chi connectivity index (χ0n) is 13.2. The number of rotatable bonds is 4. The van der Waals surface area contributed by atoms with Crippen LogP contribution in [0.2, 0.25) is 0 Å². The molecule has 26 heavy (non-hydrogen) atoms. The Bertz CT molecular complexity index is 952. The summed E-state index contributed by atoms with van der Waals surface area (Å²) in [7, 11) is -4.01. The average Bonchev–Trinajstić information content (AvgIpc) is 2.60. The molecule has 1 aliphatic rings. The van der Waals surface area contributed by atoms with Crippen molar-refractivity contribution < 1.29 is 28.2 Å². The first-order chi connectivity index (χ1) is 12.3. The number of benzene rings is 1. The maximum Gasteiger partial charge on any atom is 0.409 e. The largest absolute Gasteiger partial charge is 0.484 e. The van der Waals surface area contributed by atoms with Gasteiger partial charge in [0.05, 0.1) is 18.8 Å². The third-order valence-electron chi connectivity index (χ3n) is 3.61. The van der Waals surface area contributed by atoms with Crippen LogP contribution in [0, 0.1) is 0 Å². The molecule has 0 aliphatic carbocycles. The number of halogens is 1. The fourth-order valence-corrected chi connectivity index (χ4v) is 4.50. The van der Waals surface area contributed by atoms with Gasteiger partial charge in [-0.1, -0.05) is 0 Å². The van der Waals surface area contributed by atoms with E-state index in [0.717, 1.165) is 4.31 Å². The summed E-state index contributed by atoms with van der Waals surface area (Å²) in [4.78, 5) is 14.7. The van der Waals surface area contributed by atoms with Crippen LogP contribution in [0.4, 0.5) is 16.2 Å². The normalized spacial score (nSPS) is 16.5. The van der Waals surface area contributed by atoms with Gasteiger partial charge in [0.2, 0.25) is 0 Å². The highest BCUT2D eigenvalue weighted by molar-refractivity contribution is 9.10. The van der Waals surface area contributed by atoms with E-state index in [1.807, 2.05) is 0 Å². The highest BCUT2D eigenvalue weighted by Gasteiger charge is 2.35. The number of hydrogen-bond donors (Lipinski definition) is 3. The first kappa shape index (κ1) is 18.4. The summed E-state index contributed by atoms with van der Waals surface area (Å²) in [6.45, 7) is -0.508. The van der Waals surface area contributed by atoms with Crippen LogP contribution in [-0.2, 0) is 10.0 Å². The van der Waals surface area contributed by atoms with Crippen molar-refractivity contribution in [3.63, 3.8) is 0 Å². The number of sulfonamides is 1. The number of aliphatic hydroxyl groups is 1. The number of carbonyl (C=O) groups is 1. The fourth-order valence-electron chi connectivity index (χ4n) is 2.50. The smallest absolute Gasteiger partial charge is 0.409 e. The van der Waals surface area contributed by atoms with Gasteiger partial charge in [-0.3, -0.25) is 14.6 Å². The van der Waals surface area contributed by atoms with Crippen molar-refractivity contribution in [2.75, 3.05) is 22.8 Å². The molecule has 0 fully saturated rings. The molecule has 0 saturated heterocycles. The number of anilines is 2. The van der Waals surface area contributed by atoms with Gasteiger partial charge >= 0.3 is 6.09 Å². The number of carboxylic acid groups (broad SMARTS) is 1. The lowest BCUT2D eigenvalue weighted by Gasteiger charge is -2.35. The lowest BCUT2D eigenvalue weighted by Crippen LogP contribution is -2.45. The molecule has 1 aromatic carbocycles. The van der Waals surface area contributed by atoms with Crippen LogP contribution in [0.3, 0.4) is 0 Å². The van der Waals surface area contributed by atoms with Crippen molar-refractivity contribution in [1.82, 2.24) is 4.98 Å². The molecule has 1 amide bonds. The van der Waals surface area contributed by atoms with Crippen LogP contribution in [0.5, 0.6) is 5.75 Å². The second kappa shape index (κ2) is 7.09. The van der Waals surface area contributed by atoms with Gasteiger partial charge in [-0.2, -0.15) is 0 Å². The number of aliphatic hydroxyl groups excluding tert-OH is 1. The fraction of sp³-hybridized carbons (Fsp3) is 0.200. The summed E-state index contributed by atoms with van der Waals surface area (Å²) >= 11 is 3.19. The maximum absolute atomic E-state index is 13.1. The number of ether oxygens (including phenoxy) is 1. The Morgan fingerprint density at radius 2 is 2.15 bits per heavy atom. The van der Waals surface area contributed by atoms with Crippen molar-refractivity contribution >= 4 is 43.4 Å². The molecule has 1 aliphatic heterocycles. The summed E-state index contributed by atoms with van der Waals surface area (Å²) in [5, 5.41) is 20.5. The Balaban J connectivity index is 2.10. The van der Waals surface area contributed by atoms with Crippen molar-refractivity contribution in [2.45, 2.75) is 11.0 Å². The Morgan fingerprint density at radius 3 is 2.81 bits per heavy atom. The number of fused-ring (bicyclic) bond motifs is 1. The Morgan fingerprint density at radius 1 is 1.38 bits per heavy atom. The Labute approximate surface area is 157 Å². The minimum absolute atomic E-state index is 0.0481. The van der Waals surface area contributed by atoms with Gasteiger partial charge in [-0.25, -0.2) is 13.2 Å². The first-order valence-corrected chi connectivity index (χ1v) is 9.59. The highest BCUT2D eigenvalue weighted by atomic mass is 79.9. The second-order valence-electron chi connectivity index (χ2n) is 5.41. The highest BCUT2D eigenvalue weighted by Crippen LogP contribution is 2.39. The number of pyridine rings is 1. The average molecular weight is 444 g/mol. The third-order valence-corrected chi connectivity index (χ3v) is 5.79. The van der Waals surface area contributed by atoms with E-state index in [0.29, 0.717) is 4.47 Å². The minimum Gasteiger partial charge on any atom is -0.484 e. The van der Waals surface area contributed by atoms with E-state index in [1.54, 1.807) is 0 Å². The Kier molecular flexibility index (Phi) is 5.03. The van der Waals surface area contributed by atoms with Crippen LogP contribution < -0.4 is 14.4 Å². The lowest BCUT2D eigenvalue weighted by molar-refractivity contribution is 0.116. The zero-order valence-corrected chi connectivity index (χ0v) is 15.6. The molecule has 2 heterocycles. The summed E-state index contributed by atoms with van der Waals surface area (Å²) < 4.78 is 33.3. The SMILES string of the molecule is O=C(O)Nc1ccc2c(c1)N(S(=O)(=O)c1cncc(Br)c1)CC(CO)O2. The number of nitrogens with one attached hydrogen (secondary N) is 1. The summed E-state index contributed by atoms with van der Waals surface area (Å²) in [6.07, 6.45) is 0.636. The molecule has 1 unspecified atom stereocenters. The molecule has 9 nitrogen and oxygen atoms in total. The van der Waals surface area contributed by atoms with Gasteiger partial charge in [0.15, 0.2) is 0 Å². The summed E-state index contributed by atoms with van der Waals surface area (Å²) in [6, 6.07) is 5.66. The van der Waals surface area contributed by atoms with Crippen molar-refractivity contribution in [3.8, 4) is 5.75 Å².